The first-order valence-corrected chi connectivity index (χ1v) is 8.51. The molecule has 3 aliphatic heterocycles. The van der Waals surface area contributed by atoms with Gasteiger partial charge in [-0.2, -0.15) is 0 Å². The number of amides is 2. The molecule has 5 rings (SSSR count). The van der Waals surface area contributed by atoms with Crippen LogP contribution in [0.25, 0.3) is 5.69 Å². The van der Waals surface area contributed by atoms with Gasteiger partial charge in [-0.1, -0.05) is 0 Å². The van der Waals surface area contributed by atoms with Crippen molar-refractivity contribution in [1.82, 2.24) is 30.0 Å². The fourth-order valence-electron chi connectivity index (χ4n) is 3.79. The molecule has 3 saturated heterocycles. The average molecular weight is 340 g/mol. The molecule has 0 aliphatic carbocycles. The zero-order chi connectivity index (χ0) is 17.4. The Hall–Kier alpha value is -2.77. The van der Waals surface area contributed by atoms with Crippen LogP contribution in [0.5, 0.6) is 0 Å². The Morgan fingerprint density at radius 3 is 2.56 bits per heavy atom. The minimum atomic E-state index is 0.0309. The van der Waals surface area contributed by atoms with Crippen molar-refractivity contribution in [2.24, 2.45) is 5.92 Å². The number of tetrazole rings is 1. The highest BCUT2D eigenvalue weighted by atomic mass is 16.2. The number of hydrogen-bond donors (Lipinski definition) is 0. The fraction of sp³-hybridized carbons (Fsp3) is 0.471. The number of carbonyl (C=O) groups is 2. The Labute approximate surface area is 145 Å². The second-order valence-electron chi connectivity index (χ2n) is 6.78. The van der Waals surface area contributed by atoms with Crippen LogP contribution in [0.3, 0.4) is 0 Å². The van der Waals surface area contributed by atoms with Gasteiger partial charge in [0.1, 0.15) is 6.33 Å². The summed E-state index contributed by atoms with van der Waals surface area (Å²) in [7, 11) is 0. The lowest BCUT2D eigenvalue weighted by Gasteiger charge is -2.36. The Kier molecular flexibility index (Phi) is 3.95. The molecular weight excluding hydrogens is 320 g/mol. The van der Waals surface area contributed by atoms with Gasteiger partial charge in [0, 0.05) is 38.2 Å². The summed E-state index contributed by atoms with van der Waals surface area (Å²) in [5, 5.41) is 11.1. The van der Waals surface area contributed by atoms with Gasteiger partial charge < -0.3 is 9.80 Å². The van der Waals surface area contributed by atoms with Crippen molar-refractivity contribution in [3.8, 4) is 5.69 Å². The van der Waals surface area contributed by atoms with E-state index in [1.807, 2.05) is 21.9 Å². The van der Waals surface area contributed by atoms with Crippen molar-refractivity contribution in [3.05, 3.63) is 36.2 Å². The quantitative estimate of drug-likeness (QED) is 0.805. The van der Waals surface area contributed by atoms with Crippen molar-refractivity contribution in [3.63, 3.8) is 0 Å². The van der Waals surface area contributed by atoms with Gasteiger partial charge in [-0.15, -0.1) is 5.10 Å². The lowest BCUT2D eigenvalue weighted by atomic mass is 9.94. The maximum Gasteiger partial charge on any atom is 0.254 e. The third kappa shape index (κ3) is 2.99. The van der Waals surface area contributed by atoms with Gasteiger partial charge >= 0.3 is 0 Å². The van der Waals surface area contributed by atoms with Gasteiger partial charge in [0.05, 0.1) is 5.69 Å². The monoisotopic (exact) mass is 340 g/mol. The molecule has 2 bridgehead atoms. The lowest BCUT2D eigenvalue weighted by Crippen LogP contribution is -2.47. The third-order valence-electron chi connectivity index (χ3n) is 5.15. The number of rotatable bonds is 2. The molecule has 3 aliphatic rings. The average Bonchev–Trinajstić information content (AvgIpc) is 3.00. The molecule has 3 fully saturated rings. The Bertz CT molecular complexity index is 773. The van der Waals surface area contributed by atoms with E-state index < -0.39 is 0 Å². The van der Waals surface area contributed by atoms with Crippen LogP contribution in [0.4, 0.5) is 0 Å². The first-order chi connectivity index (χ1) is 12.1. The van der Waals surface area contributed by atoms with Crippen LogP contribution in [-0.2, 0) is 4.79 Å². The van der Waals surface area contributed by atoms with E-state index in [2.05, 4.69) is 15.5 Å². The first-order valence-electron chi connectivity index (χ1n) is 8.51. The van der Waals surface area contributed by atoms with E-state index in [0.29, 0.717) is 18.0 Å². The minimum absolute atomic E-state index is 0.0309. The Morgan fingerprint density at radius 2 is 1.88 bits per heavy atom. The molecule has 2 amide bonds. The second-order valence-corrected chi connectivity index (χ2v) is 6.78. The number of piperidine rings is 1. The zero-order valence-electron chi connectivity index (χ0n) is 14.1. The van der Waals surface area contributed by atoms with Gasteiger partial charge in [-0.25, -0.2) is 4.68 Å². The Balaban J connectivity index is 1.54. The Morgan fingerprint density at radius 1 is 1.08 bits per heavy atom. The van der Waals surface area contributed by atoms with Crippen LogP contribution in [-0.4, -0.2) is 67.5 Å². The summed E-state index contributed by atoms with van der Waals surface area (Å²) >= 11 is 0. The molecule has 2 atom stereocenters. The van der Waals surface area contributed by atoms with Crippen LogP contribution in [0.15, 0.2) is 30.6 Å². The summed E-state index contributed by atoms with van der Waals surface area (Å²) in [4.78, 5) is 28.6. The molecule has 1 aromatic carbocycles. The fourth-order valence-corrected chi connectivity index (χ4v) is 3.79. The molecule has 4 heterocycles. The van der Waals surface area contributed by atoms with Gasteiger partial charge in [-0.05, 0) is 53.5 Å². The van der Waals surface area contributed by atoms with E-state index in [4.69, 9.17) is 0 Å². The summed E-state index contributed by atoms with van der Waals surface area (Å²) in [6.45, 7) is 3.73. The van der Waals surface area contributed by atoms with Crippen molar-refractivity contribution >= 4 is 11.8 Å². The first kappa shape index (κ1) is 15.7. The zero-order valence-corrected chi connectivity index (χ0v) is 14.1. The van der Waals surface area contributed by atoms with E-state index in [1.54, 1.807) is 23.7 Å². The molecule has 25 heavy (non-hydrogen) atoms. The molecular formula is C17H20N6O2. The van der Waals surface area contributed by atoms with Crippen LogP contribution in [0.1, 0.15) is 30.1 Å². The van der Waals surface area contributed by atoms with Gasteiger partial charge in [0.2, 0.25) is 5.91 Å². The molecule has 8 nitrogen and oxygen atoms in total. The smallest absolute Gasteiger partial charge is 0.254 e. The van der Waals surface area contributed by atoms with E-state index in [9.17, 15) is 9.59 Å². The van der Waals surface area contributed by atoms with Crippen molar-refractivity contribution in [2.45, 2.75) is 25.8 Å². The van der Waals surface area contributed by atoms with E-state index in [-0.39, 0.29) is 17.9 Å². The molecule has 0 spiro atoms. The molecule has 2 aromatic rings. The molecule has 1 aromatic heterocycles. The van der Waals surface area contributed by atoms with Crippen molar-refractivity contribution < 1.29 is 9.59 Å². The number of benzene rings is 1. The van der Waals surface area contributed by atoms with Gasteiger partial charge in [0.15, 0.2) is 0 Å². The largest absolute Gasteiger partial charge is 0.341 e. The SMILES string of the molecule is CC(=O)N1C[C@H]2CC[C@@H](C1)N(C(=O)c1ccc(-n3cnnn3)cc1)C2. The number of fused-ring (bicyclic) bond motifs is 4. The maximum atomic E-state index is 13.0. The molecule has 0 saturated carbocycles. The molecule has 8 heteroatoms. The predicted octanol–water partition coefficient (Wildman–Crippen LogP) is 0.745. The van der Waals surface area contributed by atoms with Crippen LogP contribution >= 0.6 is 0 Å². The summed E-state index contributed by atoms with van der Waals surface area (Å²) in [5.41, 5.74) is 1.46. The number of carbonyl (C=O) groups excluding carboxylic acids is 2. The summed E-state index contributed by atoms with van der Waals surface area (Å²) in [6, 6.07) is 7.39. The number of nitrogens with zero attached hydrogens (tertiary/aromatic N) is 6. The predicted molar refractivity (Wildman–Crippen MR) is 89.0 cm³/mol. The van der Waals surface area contributed by atoms with Crippen LogP contribution < -0.4 is 0 Å². The lowest BCUT2D eigenvalue weighted by molar-refractivity contribution is -0.129. The van der Waals surface area contributed by atoms with Gasteiger partial charge in [0.25, 0.3) is 5.91 Å². The number of aromatic nitrogens is 4. The normalized spacial score (nSPS) is 22.8. The molecule has 0 radical (unpaired) electrons. The highest BCUT2D eigenvalue weighted by molar-refractivity contribution is 5.94. The highest BCUT2D eigenvalue weighted by Crippen LogP contribution is 2.29. The van der Waals surface area contributed by atoms with E-state index in [1.165, 1.54) is 6.33 Å². The van der Waals surface area contributed by atoms with Crippen molar-refractivity contribution in [2.75, 3.05) is 19.6 Å². The minimum Gasteiger partial charge on any atom is -0.341 e. The maximum absolute atomic E-state index is 13.0. The van der Waals surface area contributed by atoms with Crippen LogP contribution in [0, 0.1) is 5.92 Å². The topological polar surface area (TPSA) is 84.2 Å². The second kappa shape index (κ2) is 6.27. The third-order valence-corrected chi connectivity index (χ3v) is 5.15. The highest BCUT2D eigenvalue weighted by Gasteiger charge is 2.38. The van der Waals surface area contributed by atoms with E-state index in [0.717, 1.165) is 31.6 Å². The van der Waals surface area contributed by atoms with Gasteiger partial charge in [-0.3, -0.25) is 9.59 Å². The summed E-state index contributed by atoms with van der Waals surface area (Å²) < 4.78 is 1.55. The summed E-state index contributed by atoms with van der Waals surface area (Å²) in [5.74, 6) is 0.493. The van der Waals surface area contributed by atoms with Crippen molar-refractivity contribution in [1.29, 1.82) is 0 Å². The number of hydrogen-bond acceptors (Lipinski definition) is 5. The molecule has 0 unspecified atom stereocenters. The van der Waals surface area contributed by atoms with Crippen LogP contribution in [0.2, 0.25) is 0 Å². The summed E-state index contributed by atoms with van der Waals surface area (Å²) in [6.07, 6.45) is 3.56. The molecule has 130 valence electrons. The molecule has 0 N–H and O–H groups in total. The van der Waals surface area contributed by atoms with E-state index >= 15 is 0 Å². The standard InChI is InChI=1S/C17H20N6O2/c1-12(24)21-8-13-2-5-16(10-21)22(9-13)17(25)14-3-6-15(7-4-14)23-11-18-19-20-23/h3-4,6-7,11,13,16H,2,5,8-10H2,1H3/t13-,16+/m1/s1.